The van der Waals surface area contributed by atoms with E-state index in [-0.39, 0.29) is 17.8 Å². The Bertz CT molecular complexity index is 741. The van der Waals surface area contributed by atoms with E-state index in [4.69, 9.17) is 0 Å². The van der Waals surface area contributed by atoms with E-state index in [1.165, 1.54) is 11.8 Å². The first-order chi connectivity index (χ1) is 12.7. The molecule has 0 spiro atoms. The van der Waals surface area contributed by atoms with Gasteiger partial charge in [-0.1, -0.05) is 30.3 Å². The minimum absolute atomic E-state index is 0.101. The van der Waals surface area contributed by atoms with E-state index in [2.05, 4.69) is 39.0 Å². The summed E-state index contributed by atoms with van der Waals surface area (Å²) >= 11 is 0. The number of nitrogens with zero attached hydrogens (tertiary/aromatic N) is 3. The van der Waals surface area contributed by atoms with Crippen LogP contribution in [0.4, 0.5) is 4.39 Å². The molecule has 26 heavy (non-hydrogen) atoms. The van der Waals surface area contributed by atoms with Gasteiger partial charge in [0, 0.05) is 49.9 Å². The first-order valence-corrected chi connectivity index (χ1v) is 9.36. The quantitative estimate of drug-likeness (QED) is 0.895. The standard InChI is InChI=1S/C21H26FN3O/c22-20-10-23-8-6-18(20)12-24-9-7-19-13-25(15-21(19,14-24)16-26)11-17-4-2-1-3-5-17/h1-6,8,10,19,26H,7,9,11-16H2/t19-,21+/m0/s1. The van der Waals surface area contributed by atoms with Gasteiger partial charge in [0.1, 0.15) is 5.82 Å². The number of hydrogen-bond donors (Lipinski definition) is 1. The summed E-state index contributed by atoms with van der Waals surface area (Å²) in [7, 11) is 0. The summed E-state index contributed by atoms with van der Waals surface area (Å²) in [6.45, 7) is 5.41. The summed E-state index contributed by atoms with van der Waals surface area (Å²) in [6, 6.07) is 12.3. The van der Waals surface area contributed by atoms with Gasteiger partial charge in [0.05, 0.1) is 12.8 Å². The SMILES string of the molecule is OC[C@]12CN(Cc3ccncc3F)CC[C@H]1CN(Cc1ccccc1)C2. The third-order valence-electron chi connectivity index (χ3n) is 6.03. The number of likely N-dealkylation sites (tertiary alicyclic amines) is 2. The average molecular weight is 355 g/mol. The molecular weight excluding hydrogens is 329 g/mol. The molecule has 1 aromatic heterocycles. The van der Waals surface area contributed by atoms with Crippen LogP contribution in [0.3, 0.4) is 0 Å². The summed E-state index contributed by atoms with van der Waals surface area (Å²) in [5.41, 5.74) is 1.90. The van der Waals surface area contributed by atoms with Crippen molar-refractivity contribution in [1.29, 1.82) is 0 Å². The zero-order chi connectivity index (χ0) is 18.0. The smallest absolute Gasteiger partial charge is 0.145 e. The number of halogens is 1. The topological polar surface area (TPSA) is 39.6 Å². The lowest BCUT2D eigenvalue weighted by atomic mass is 9.74. The van der Waals surface area contributed by atoms with Gasteiger partial charge in [0.2, 0.25) is 0 Å². The molecule has 0 unspecified atom stereocenters. The van der Waals surface area contributed by atoms with E-state index in [0.717, 1.165) is 39.1 Å². The highest BCUT2D eigenvalue weighted by molar-refractivity contribution is 5.16. The second-order valence-electron chi connectivity index (χ2n) is 7.84. The number of aliphatic hydroxyl groups is 1. The molecule has 2 saturated heterocycles. The van der Waals surface area contributed by atoms with Crippen molar-refractivity contribution < 1.29 is 9.50 Å². The van der Waals surface area contributed by atoms with Gasteiger partial charge < -0.3 is 5.11 Å². The number of fused-ring (bicyclic) bond motifs is 1. The first kappa shape index (κ1) is 17.6. The van der Waals surface area contributed by atoms with Crippen molar-refractivity contribution >= 4 is 0 Å². The molecule has 2 aromatic rings. The number of aromatic nitrogens is 1. The maximum Gasteiger partial charge on any atom is 0.145 e. The summed E-state index contributed by atoms with van der Waals surface area (Å²) in [5, 5.41) is 10.2. The number of pyridine rings is 1. The average Bonchev–Trinajstić information content (AvgIpc) is 3.02. The maximum absolute atomic E-state index is 13.9. The highest BCUT2D eigenvalue weighted by atomic mass is 19.1. The van der Waals surface area contributed by atoms with Crippen LogP contribution < -0.4 is 0 Å². The Labute approximate surface area is 154 Å². The summed E-state index contributed by atoms with van der Waals surface area (Å²) < 4.78 is 13.9. The van der Waals surface area contributed by atoms with Crippen LogP contribution in [0.5, 0.6) is 0 Å². The van der Waals surface area contributed by atoms with Crippen molar-refractivity contribution in [2.75, 3.05) is 32.8 Å². The summed E-state index contributed by atoms with van der Waals surface area (Å²) in [6.07, 6.45) is 3.98. The van der Waals surface area contributed by atoms with Crippen LogP contribution in [0.2, 0.25) is 0 Å². The van der Waals surface area contributed by atoms with Crippen LogP contribution in [0.1, 0.15) is 17.5 Å². The molecule has 0 radical (unpaired) electrons. The van der Waals surface area contributed by atoms with Crippen LogP contribution in [0.25, 0.3) is 0 Å². The fourth-order valence-corrected chi connectivity index (χ4v) is 4.68. The lowest BCUT2D eigenvalue weighted by Crippen LogP contribution is -2.50. The number of hydrogen-bond acceptors (Lipinski definition) is 4. The minimum Gasteiger partial charge on any atom is -0.396 e. The monoisotopic (exact) mass is 355 g/mol. The van der Waals surface area contributed by atoms with E-state index >= 15 is 0 Å². The molecule has 1 N–H and O–H groups in total. The predicted octanol–water partition coefficient (Wildman–Crippen LogP) is 2.54. The van der Waals surface area contributed by atoms with Gasteiger partial charge in [-0.2, -0.15) is 0 Å². The van der Waals surface area contributed by atoms with Crippen molar-refractivity contribution in [3.8, 4) is 0 Å². The molecule has 5 heteroatoms. The van der Waals surface area contributed by atoms with Crippen molar-refractivity contribution in [3.05, 3.63) is 65.7 Å². The van der Waals surface area contributed by atoms with Gasteiger partial charge in [0.15, 0.2) is 0 Å². The minimum atomic E-state index is -0.246. The molecule has 3 heterocycles. The Hall–Kier alpha value is -1.82. The number of benzene rings is 1. The zero-order valence-electron chi connectivity index (χ0n) is 15.0. The van der Waals surface area contributed by atoms with Gasteiger partial charge in [-0.05, 0) is 30.5 Å². The third-order valence-corrected chi connectivity index (χ3v) is 6.03. The number of piperidine rings is 1. The predicted molar refractivity (Wildman–Crippen MR) is 98.8 cm³/mol. The molecule has 2 aliphatic rings. The second-order valence-corrected chi connectivity index (χ2v) is 7.84. The molecule has 0 saturated carbocycles. The van der Waals surface area contributed by atoms with Crippen molar-refractivity contribution in [3.63, 3.8) is 0 Å². The number of rotatable bonds is 5. The van der Waals surface area contributed by atoms with Crippen LogP contribution in [0, 0.1) is 17.2 Å². The van der Waals surface area contributed by atoms with E-state index in [1.54, 1.807) is 12.3 Å². The van der Waals surface area contributed by atoms with E-state index in [1.807, 2.05) is 6.07 Å². The fourth-order valence-electron chi connectivity index (χ4n) is 4.68. The Morgan fingerprint density at radius 2 is 1.92 bits per heavy atom. The summed E-state index contributed by atoms with van der Waals surface area (Å²) in [5.74, 6) is 0.263. The van der Waals surface area contributed by atoms with Crippen LogP contribution >= 0.6 is 0 Å². The van der Waals surface area contributed by atoms with Gasteiger partial charge in [-0.25, -0.2) is 4.39 Å². The van der Waals surface area contributed by atoms with Gasteiger partial charge >= 0.3 is 0 Å². The molecule has 0 amide bonds. The molecule has 4 rings (SSSR count). The zero-order valence-corrected chi connectivity index (χ0v) is 15.0. The van der Waals surface area contributed by atoms with Crippen molar-refractivity contribution in [2.24, 2.45) is 11.3 Å². The molecular formula is C21H26FN3O. The maximum atomic E-state index is 13.9. The van der Waals surface area contributed by atoms with Gasteiger partial charge in [-0.15, -0.1) is 0 Å². The fraction of sp³-hybridized carbons (Fsp3) is 0.476. The van der Waals surface area contributed by atoms with Gasteiger partial charge in [0.25, 0.3) is 0 Å². The molecule has 4 nitrogen and oxygen atoms in total. The third kappa shape index (κ3) is 3.52. The Balaban J connectivity index is 1.44. The normalized spacial score (nSPS) is 26.8. The van der Waals surface area contributed by atoms with Crippen molar-refractivity contribution in [1.82, 2.24) is 14.8 Å². The Kier molecular flexibility index (Phi) is 5.02. The molecule has 138 valence electrons. The number of aliphatic hydroxyl groups excluding tert-OH is 1. The van der Waals surface area contributed by atoms with Crippen LogP contribution in [0.15, 0.2) is 48.8 Å². The molecule has 2 atom stereocenters. The largest absolute Gasteiger partial charge is 0.396 e. The molecule has 0 aliphatic carbocycles. The highest BCUT2D eigenvalue weighted by Gasteiger charge is 2.49. The van der Waals surface area contributed by atoms with E-state index in [0.29, 0.717) is 18.0 Å². The molecule has 0 bridgehead atoms. The lowest BCUT2D eigenvalue weighted by molar-refractivity contribution is 0.00702. The Morgan fingerprint density at radius 1 is 1.12 bits per heavy atom. The highest BCUT2D eigenvalue weighted by Crippen LogP contribution is 2.42. The van der Waals surface area contributed by atoms with E-state index in [9.17, 15) is 9.50 Å². The second kappa shape index (κ2) is 7.43. The van der Waals surface area contributed by atoms with Crippen LogP contribution in [-0.2, 0) is 13.1 Å². The van der Waals surface area contributed by atoms with Crippen LogP contribution in [-0.4, -0.2) is 52.7 Å². The Morgan fingerprint density at radius 3 is 2.69 bits per heavy atom. The van der Waals surface area contributed by atoms with Crippen molar-refractivity contribution in [2.45, 2.75) is 19.5 Å². The van der Waals surface area contributed by atoms with E-state index < -0.39 is 0 Å². The molecule has 1 aromatic carbocycles. The molecule has 2 fully saturated rings. The van der Waals surface area contributed by atoms with Gasteiger partial charge in [-0.3, -0.25) is 14.8 Å². The summed E-state index contributed by atoms with van der Waals surface area (Å²) in [4.78, 5) is 8.58. The first-order valence-electron chi connectivity index (χ1n) is 9.36. The molecule has 2 aliphatic heterocycles. The lowest BCUT2D eigenvalue weighted by Gasteiger charge is -2.43.